The first-order valence-corrected chi connectivity index (χ1v) is 16.9. The molecule has 228 valence electrons. The van der Waals surface area contributed by atoms with Gasteiger partial charge in [-0.15, -0.1) is 0 Å². The molecule has 0 fully saturated rings. The Morgan fingerprint density at radius 2 is 1.28 bits per heavy atom. The van der Waals surface area contributed by atoms with Crippen LogP contribution in [0.1, 0.15) is 102 Å². The van der Waals surface area contributed by atoms with Crippen LogP contribution in [-0.4, -0.2) is 69.6 Å². The average Bonchev–Trinajstić information content (AvgIpc) is 2.89. The first-order chi connectivity index (χ1) is 18.7. The van der Waals surface area contributed by atoms with E-state index in [1.54, 1.807) is 0 Å². The SMILES string of the molecule is CCCCCCCCCCCCCCCCOC[C@@H](COP(=O)(O)OCC[N+](C)(C)C)OCc1ccccc1. The molecule has 39 heavy (non-hydrogen) atoms. The first-order valence-electron chi connectivity index (χ1n) is 15.4. The summed E-state index contributed by atoms with van der Waals surface area (Å²) < 4.78 is 35.2. The second-order valence-corrected chi connectivity index (χ2v) is 13.2. The summed E-state index contributed by atoms with van der Waals surface area (Å²) in [6, 6.07) is 9.84. The minimum absolute atomic E-state index is 0.0657. The van der Waals surface area contributed by atoms with E-state index in [9.17, 15) is 9.46 Å². The van der Waals surface area contributed by atoms with E-state index in [4.69, 9.17) is 18.5 Å². The highest BCUT2D eigenvalue weighted by Crippen LogP contribution is 2.43. The Kier molecular flexibility index (Phi) is 21.2. The summed E-state index contributed by atoms with van der Waals surface area (Å²) in [5.74, 6) is 0. The monoisotopic (exact) mass is 572 g/mol. The van der Waals surface area contributed by atoms with Crippen molar-refractivity contribution in [3.8, 4) is 0 Å². The van der Waals surface area contributed by atoms with Crippen LogP contribution in [0.2, 0.25) is 0 Å². The molecule has 0 bridgehead atoms. The van der Waals surface area contributed by atoms with Gasteiger partial charge in [0.15, 0.2) is 0 Å². The van der Waals surface area contributed by atoms with Crippen LogP contribution in [-0.2, 0) is 29.7 Å². The predicted molar refractivity (Wildman–Crippen MR) is 161 cm³/mol. The van der Waals surface area contributed by atoms with Crippen molar-refractivity contribution in [2.45, 2.75) is 110 Å². The Morgan fingerprint density at radius 1 is 0.744 bits per heavy atom. The molecule has 0 heterocycles. The molecule has 0 saturated heterocycles. The lowest BCUT2D eigenvalue weighted by atomic mass is 10.0. The van der Waals surface area contributed by atoms with Crippen molar-refractivity contribution < 1.29 is 32.5 Å². The van der Waals surface area contributed by atoms with Gasteiger partial charge in [0.2, 0.25) is 0 Å². The average molecular weight is 573 g/mol. The molecule has 0 spiro atoms. The summed E-state index contributed by atoms with van der Waals surface area (Å²) in [6.07, 6.45) is 18.1. The lowest BCUT2D eigenvalue weighted by Gasteiger charge is -2.24. The largest absolute Gasteiger partial charge is 0.472 e. The molecule has 0 saturated carbocycles. The molecule has 0 radical (unpaired) electrons. The Labute approximate surface area is 239 Å². The standard InChI is InChI=1S/C31H58NO6P/c1-5-6-7-8-9-10-11-12-13-14-15-16-17-21-25-35-28-31(36-27-30-22-19-18-20-23-30)29-38-39(33,34)37-26-24-32(2,3)4/h18-20,22-23,31H,5-17,21,24-29H2,1-4H3/p+1/t31-/m0/s1. The molecule has 1 rings (SSSR count). The third-order valence-electron chi connectivity index (χ3n) is 6.71. The minimum atomic E-state index is -4.15. The lowest BCUT2D eigenvalue weighted by molar-refractivity contribution is -0.870. The molecular formula is C31H59NO6P+. The summed E-state index contributed by atoms with van der Waals surface area (Å²) in [7, 11) is 1.84. The number of rotatable bonds is 27. The number of likely N-dealkylation sites (N-methyl/N-ethyl adjacent to an activating group) is 1. The fourth-order valence-corrected chi connectivity index (χ4v) is 4.93. The fourth-order valence-electron chi connectivity index (χ4n) is 4.19. The second kappa shape index (κ2) is 22.8. The van der Waals surface area contributed by atoms with Gasteiger partial charge in [-0.2, -0.15) is 0 Å². The van der Waals surface area contributed by atoms with E-state index < -0.39 is 13.9 Å². The van der Waals surface area contributed by atoms with E-state index in [0.29, 0.717) is 30.8 Å². The quantitative estimate of drug-likeness (QED) is 0.0656. The Morgan fingerprint density at radius 3 is 1.82 bits per heavy atom. The molecule has 1 aromatic rings. The summed E-state index contributed by atoms with van der Waals surface area (Å²) in [6.45, 7) is 4.29. The molecule has 7 nitrogen and oxygen atoms in total. The van der Waals surface area contributed by atoms with Gasteiger partial charge in [-0.25, -0.2) is 4.57 Å². The molecule has 8 heteroatoms. The van der Waals surface area contributed by atoms with Crippen LogP contribution in [0.5, 0.6) is 0 Å². The Balaban J connectivity index is 2.18. The van der Waals surface area contributed by atoms with Gasteiger partial charge in [0, 0.05) is 6.61 Å². The number of phosphoric acid groups is 1. The van der Waals surface area contributed by atoms with Crippen molar-refractivity contribution in [3.05, 3.63) is 35.9 Å². The smallest absolute Gasteiger partial charge is 0.379 e. The maximum Gasteiger partial charge on any atom is 0.472 e. The molecular weight excluding hydrogens is 513 g/mol. The van der Waals surface area contributed by atoms with Crippen molar-refractivity contribution in [2.75, 3.05) is 54.1 Å². The van der Waals surface area contributed by atoms with Crippen LogP contribution in [0.25, 0.3) is 0 Å². The van der Waals surface area contributed by atoms with Gasteiger partial charge in [-0.1, -0.05) is 121 Å². The highest BCUT2D eigenvalue weighted by atomic mass is 31.2. The van der Waals surface area contributed by atoms with Crippen molar-refractivity contribution >= 4 is 7.82 Å². The van der Waals surface area contributed by atoms with E-state index in [1.807, 2.05) is 51.5 Å². The van der Waals surface area contributed by atoms with Crippen LogP contribution >= 0.6 is 7.82 Å². The maximum absolute atomic E-state index is 12.3. The zero-order chi connectivity index (χ0) is 28.7. The molecule has 1 unspecified atom stereocenters. The second-order valence-electron chi connectivity index (χ2n) is 11.7. The van der Waals surface area contributed by atoms with Gasteiger partial charge in [0.05, 0.1) is 41.0 Å². The summed E-state index contributed by atoms with van der Waals surface area (Å²) in [4.78, 5) is 10.1. The zero-order valence-corrected chi connectivity index (χ0v) is 26.4. The number of hydrogen-bond donors (Lipinski definition) is 1. The van der Waals surface area contributed by atoms with Crippen LogP contribution in [0.3, 0.4) is 0 Å². The van der Waals surface area contributed by atoms with Crippen molar-refractivity contribution in [3.63, 3.8) is 0 Å². The number of nitrogens with zero attached hydrogens (tertiary/aromatic N) is 1. The third-order valence-corrected chi connectivity index (χ3v) is 7.70. The van der Waals surface area contributed by atoms with Gasteiger partial charge < -0.3 is 18.9 Å². The van der Waals surface area contributed by atoms with Crippen molar-refractivity contribution in [1.29, 1.82) is 0 Å². The van der Waals surface area contributed by atoms with Gasteiger partial charge in [0.1, 0.15) is 19.3 Å². The zero-order valence-electron chi connectivity index (χ0n) is 25.5. The molecule has 0 aliphatic carbocycles. The van der Waals surface area contributed by atoms with Crippen LogP contribution in [0.15, 0.2) is 30.3 Å². The normalized spacial score (nSPS) is 14.4. The molecule has 0 aliphatic rings. The molecule has 0 aliphatic heterocycles. The van der Waals surface area contributed by atoms with Crippen LogP contribution in [0, 0.1) is 0 Å². The van der Waals surface area contributed by atoms with Crippen molar-refractivity contribution in [1.82, 2.24) is 0 Å². The van der Waals surface area contributed by atoms with E-state index in [-0.39, 0.29) is 13.2 Å². The van der Waals surface area contributed by atoms with Crippen molar-refractivity contribution in [2.24, 2.45) is 0 Å². The van der Waals surface area contributed by atoms with Gasteiger partial charge in [-0.05, 0) is 12.0 Å². The summed E-state index contributed by atoms with van der Waals surface area (Å²) in [5, 5.41) is 0. The highest BCUT2D eigenvalue weighted by Gasteiger charge is 2.25. The lowest BCUT2D eigenvalue weighted by Crippen LogP contribution is -2.37. The number of phosphoric ester groups is 1. The van der Waals surface area contributed by atoms with E-state index in [0.717, 1.165) is 18.4 Å². The third kappa shape index (κ3) is 23.6. The van der Waals surface area contributed by atoms with E-state index >= 15 is 0 Å². The fraction of sp³-hybridized carbons (Fsp3) is 0.806. The first kappa shape index (κ1) is 36.2. The number of benzene rings is 1. The minimum Gasteiger partial charge on any atom is -0.379 e. The molecule has 0 amide bonds. The van der Waals surface area contributed by atoms with Gasteiger partial charge in [0.25, 0.3) is 0 Å². The number of ether oxygens (including phenoxy) is 2. The molecule has 2 atom stereocenters. The topological polar surface area (TPSA) is 74.2 Å². The predicted octanol–water partition coefficient (Wildman–Crippen LogP) is 7.91. The van der Waals surface area contributed by atoms with Gasteiger partial charge in [-0.3, -0.25) is 9.05 Å². The van der Waals surface area contributed by atoms with E-state index in [1.165, 1.54) is 77.0 Å². The van der Waals surface area contributed by atoms with Crippen LogP contribution < -0.4 is 0 Å². The Hall–Kier alpha value is -0.790. The van der Waals surface area contributed by atoms with E-state index in [2.05, 4.69) is 6.92 Å². The van der Waals surface area contributed by atoms with Gasteiger partial charge >= 0.3 is 7.82 Å². The number of quaternary nitrogens is 1. The number of hydrogen-bond acceptors (Lipinski definition) is 5. The Bertz CT molecular complexity index is 728. The molecule has 1 aromatic carbocycles. The highest BCUT2D eigenvalue weighted by molar-refractivity contribution is 7.47. The number of unbranched alkanes of at least 4 members (excludes halogenated alkanes) is 13. The molecule has 0 aromatic heterocycles. The summed E-state index contributed by atoms with van der Waals surface area (Å²) >= 11 is 0. The summed E-state index contributed by atoms with van der Waals surface area (Å²) in [5.41, 5.74) is 1.03. The maximum atomic E-state index is 12.3. The van der Waals surface area contributed by atoms with Crippen LogP contribution in [0.4, 0.5) is 0 Å². The molecule has 1 N–H and O–H groups in total.